The number of nitrogens with zero attached hydrogens (tertiary/aromatic N) is 5. The van der Waals surface area contributed by atoms with E-state index >= 15 is 0 Å². The number of likely N-dealkylation sites (N-methyl/N-ethyl adjacent to an activating group) is 1. The maximum Gasteiger partial charge on any atom is 0.139 e. The van der Waals surface area contributed by atoms with Crippen molar-refractivity contribution in [3.05, 3.63) is 88.0 Å². The van der Waals surface area contributed by atoms with Gasteiger partial charge in [0.2, 0.25) is 0 Å². The highest BCUT2D eigenvalue weighted by atomic mass is 32.1. The molecule has 0 unspecified atom stereocenters. The van der Waals surface area contributed by atoms with Gasteiger partial charge < -0.3 is 30.7 Å². The van der Waals surface area contributed by atoms with Crippen LogP contribution in [0.5, 0.6) is 0 Å². The molecule has 5 heterocycles. The second-order valence-electron chi connectivity index (χ2n) is 12.0. The summed E-state index contributed by atoms with van der Waals surface area (Å²) < 4.78 is 0. The number of para-hydroxylation sites is 4. The van der Waals surface area contributed by atoms with Gasteiger partial charge in [0.25, 0.3) is 0 Å². The van der Waals surface area contributed by atoms with E-state index in [4.69, 9.17) is 9.98 Å². The molecule has 0 radical (unpaired) electrons. The van der Waals surface area contributed by atoms with Gasteiger partial charge in [0, 0.05) is 68.5 Å². The maximum atomic E-state index is 5.01. The lowest BCUT2D eigenvalue weighted by atomic mass is 10.1. The number of benzene rings is 2. The number of nitrogens with one attached hydrogen (secondary N) is 3. The van der Waals surface area contributed by atoms with Crippen LogP contribution in [-0.4, -0.2) is 85.8 Å². The molecule has 48 heavy (non-hydrogen) atoms. The molecule has 0 spiro atoms. The molecule has 0 bridgehead atoms. The average Bonchev–Trinajstić information content (AvgIpc) is 3.32. The van der Waals surface area contributed by atoms with E-state index in [1.54, 1.807) is 11.3 Å². The van der Waals surface area contributed by atoms with Crippen LogP contribution in [0, 0.1) is 6.92 Å². The van der Waals surface area contributed by atoms with Gasteiger partial charge in [-0.15, -0.1) is 11.3 Å². The van der Waals surface area contributed by atoms with Crippen molar-refractivity contribution in [1.29, 1.82) is 0 Å². The molecular formula is C39H56N8S. The number of anilines is 3. The molecular weight excluding hydrogens is 613 g/mol. The van der Waals surface area contributed by atoms with Gasteiger partial charge >= 0.3 is 0 Å². The summed E-state index contributed by atoms with van der Waals surface area (Å²) in [7, 11) is 2.18. The van der Waals surface area contributed by atoms with Crippen molar-refractivity contribution in [2.75, 3.05) is 70.0 Å². The highest BCUT2D eigenvalue weighted by molar-refractivity contribution is 7.16. The molecule has 3 aromatic rings. The molecule has 1 aromatic heterocycles. The van der Waals surface area contributed by atoms with E-state index in [1.165, 1.54) is 26.6 Å². The third-order valence-corrected chi connectivity index (χ3v) is 9.19. The zero-order valence-corrected chi connectivity index (χ0v) is 31.4. The summed E-state index contributed by atoms with van der Waals surface area (Å²) >= 11 is 1.81. The van der Waals surface area contributed by atoms with Crippen LogP contribution in [0.1, 0.15) is 58.9 Å². The number of thiophene rings is 1. The van der Waals surface area contributed by atoms with Gasteiger partial charge in [-0.1, -0.05) is 63.6 Å². The predicted octanol–water partition coefficient (Wildman–Crippen LogP) is 8.78. The fourth-order valence-corrected chi connectivity index (χ4v) is 6.79. The third-order valence-electron chi connectivity index (χ3n) is 8.22. The highest BCUT2D eigenvalue weighted by Gasteiger charge is 2.26. The van der Waals surface area contributed by atoms with E-state index in [1.807, 2.05) is 39.8 Å². The molecule has 0 aliphatic carbocycles. The number of fused-ring (bicyclic) bond motifs is 3. The first kappa shape index (κ1) is 36.9. The minimum absolute atomic E-state index is 0.994. The van der Waals surface area contributed by atoms with Gasteiger partial charge in [0.05, 0.1) is 28.3 Å². The molecule has 4 aliphatic heterocycles. The van der Waals surface area contributed by atoms with E-state index in [-0.39, 0.29) is 0 Å². The van der Waals surface area contributed by atoms with Crippen molar-refractivity contribution in [3.8, 4) is 0 Å². The van der Waals surface area contributed by atoms with E-state index in [0.29, 0.717) is 0 Å². The summed E-state index contributed by atoms with van der Waals surface area (Å²) in [6.45, 7) is 24.8. The Bertz CT molecular complexity index is 1610. The summed E-state index contributed by atoms with van der Waals surface area (Å²) in [6.07, 6.45) is 2.23. The number of hydrogen-bond acceptors (Lipinski definition) is 9. The van der Waals surface area contributed by atoms with Gasteiger partial charge in [-0.3, -0.25) is 0 Å². The largest absolute Gasteiger partial charge is 0.357 e. The first-order valence-electron chi connectivity index (χ1n) is 17.6. The Morgan fingerprint density at radius 3 is 1.88 bits per heavy atom. The van der Waals surface area contributed by atoms with Gasteiger partial charge in [-0.05, 0) is 65.1 Å². The minimum Gasteiger partial charge on any atom is -0.357 e. The molecule has 2 aromatic carbocycles. The van der Waals surface area contributed by atoms with Crippen molar-refractivity contribution < 1.29 is 0 Å². The van der Waals surface area contributed by atoms with Crippen LogP contribution in [0.3, 0.4) is 0 Å². The van der Waals surface area contributed by atoms with Crippen LogP contribution in [-0.2, 0) is 0 Å². The first-order chi connectivity index (χ1) is 23.4. The van der Waals surface area contributed by atoms with Crippen LogP contribution in [0.25, 0.3) is 0 Å². The van der Waals surface area contributed by atoms with Crippen LogP contribution in [0.15, 0.2) is 87.5 Å². The van der Waals surface area contributed by atoms with Crippen molar-refractivity contribution in [1.82, 2.24) is 20.0 Å². The number of allylic oxidation sites excluding steroid dienone is 2. The second kappa shape index (κ2) is 18.0. The fourth-order valence-electron chi connectivity index (χ4n) is 5.87. The van der Waals surface area contributed by atoms with Crippen molar-refractivity contribution >= 4 is 50.8 Å². The summed E-state index contributed by atoms with van der Waals surface area (Å²) in [5.74, 6) is 2.20. The molecule has 258 valence electrons. The lowest BCUT2D eigenvalue weighted by Crippen LogP contribution is -2.47. The SMILES string of the molecule is CC.CC.CC(C)=CC1=C(C)Nc2ccccc2N=C1N1CCNCC1.Cc1cc2c(s1)Nc1ccccc1N=C2N1CCN(C)CC1. The smallest absolute Gasteiger partial charge is 0.139 e. The standard InChI is InChI=1S/C18H24N4.C17H20N4S.2C2H6/c1-13(2)12-15-14(3)20-16-6-4-5-7-17(16)21-18(15)22-10-8-19-9-11-22;1-12-11-13-16(21-9-7-20(2)8-10-21)18-14-5-3-4-6-15(14)19-17(13)22-12;2*1-2/h4-7,12,19-20H,8-11H2,1-3H3;3-6,11,19H,7-10H2,1-2H3;2*1-2H3. The van der Waals surface area contributed by atoms with E-state index in [2.05, 4.69) is 114 Å². The Labute approximate surface area is 293 Å². The molecule has 9 heteroatoms. The van der Waals surface area contributed by atoms with E-state index < -0.39 is 0 Å². The van der Waals surface area contributed by atoms with Crippen molar-refractivity contribution in [3.63, 3.8) is 0 Å². The zero-order valence-electron chi connectivity index (χ0n) is 30.6. The number of aryl methyl sites for hydroxylation is 1. The third kappa shape index (κ3) is 9.15. The molecule has 2 fully saturated rings. The molecule has 0 atom stereocenters. The normalized spacial score (nSPS) is 16.9. The Kier molecular flexibility index (Phi) is 13.8. The highest BCUT2D eigenvalue weighted by Crippen LogP contribution is 2.39. The summed E-state index contributed by atoms with van der Waals surface area (Å²) in [4.78, 5) is 18.5. The molecule has 4 aliphatic rings. The monoisotopic (exact) mass is 668 g/mol. The average molecular weight is 669 g/mol. The van der Waals surface area contributed by atoms with Gasteiger partial charge in [-0.2, -0.15) is 0 Å². The van der Waals surface area contributed by atoms with Crippen molar-refractivity contribution in [2.24, 2.45) is 9.98 Å². The summed E-state index contributed by atoms with van der Waals surface area (Å²) in [6, 6.07) is 18.8. The van der Waals surface area contributed by atoms with Crippen LogP contribution in [0.2, 0.25) is 0 Å². The van der Waals surface area contributed by atoms with Crippen molar-refractivity contribution in [2.45, 2.75) is 55.4 Å². The summed E-state index contributed by atoms with van der Waals surface area (Å²) in [5, 5.41) is 11.7. The number of hydrogen-bond donors (Lipinski definition) is 3. The number of aliphatic imine (C=N–C) groups is 2. The van der Waals surface area contributed by atoms with E-state index in [0.717, 1.165) is 92.5 Å². The lowest BCUT2D eigenvalue weighted by molar-refractivity contribution is 0.216. The van der Waals surface area contributed by atoms with Gasteiger partial charge in [0.1, 0.15) is 16.7 Å². The first-order valence-corrected chi connectivity index (χ1v) is 18.4. The molecule has 3 N–H and O–H groups in total. The summed E-state index contributed by atoms with van der Waals surface area (Å²) in [5.41, 5.74) is 9.07. The Morgan fingerprint density at radius 2 is 1.27 bits per heavy atom. The Morgan fingerprint density at radius 1 is 0.729 bits per heavy atom. The molecule has 2 saturated heterocycles. The molecule has 0 amide bonds. The quantitative estimate of drug-likeness (QED) is 0.241. The van der Waals surface area contributed by atoms with Crippen LogP contribution in [0.4, 0.5) is 27.8 Å². The van der Waals surface area contributed by atoms with Gasteiger partial charge in [-0.25, -0.2) is 9.98 Å². The molecule has 0 saturated carbocycles. The maximum absolute atomic E-state index is 5.01. The fraction of sp³-hybridized carbons (Fsp3) is 0.436. The minimum atomic E-state index is 0.994. The lowest BCUT2D eigenvalue weighted by Gasteiger charge is -2.34. The number of amidine groups is 2. The Hall–Kier alpha value is -3.92. The van der Waals surface area contributed by atoms with Crippen LogP contribution < -0.4 is 16.0 Å². The topological polar surface area (TPSA) is 70.5 Å². The Balaban J connectivity index is 0.000000197. The predicted molar refractivity (Wildman–Crippen MR) is 210 cm³/mol. The molecule has 8 nitrogen and oxygen atoms in total. The van der Waals surface area contributed by atoms with E-state index in [9.17, 15) is 0 Å². The molecule has 7 rings (SSSR count). The second-order valence-corrected chi connectivity index (χ2v) is 13.3. The van der Waals surface area contributed by atoms with Crippen LogP contribution >= 0.6 is 11.3 Å². The number of rotatable bonds is 1. The van der Waals surface area contributed by atoms with Gasteiger partial charge in [0.15, 0.2) is 0 Å². The zero-order chi connectivity index (χ0) is 34.6. The number of piperazine rings is 2.